The number of hydrogen-bond acceptors (Lipinski definition) is 9. The topological polar surface area (TPSA) is 112 Å². The van der Waals surface area contributed by atoms with Crippen molar-refractivity contribution in [2.24, 2.45) is 0 Å². The highest BCUT2D eigenvalue weighted by molar-refractivity contribution is 8.01. The molecule has 0 radical (unpaired) electrons. The summed E-state index contributed by atoms with van der Waals surface area (Å²) in [6, 6.07) is -0.492. The van der Waals surface area contributed by atoms with E-state index in [0.717, 1.165) is 30.6 Å². The lowest BCUT2D eigenvalue weighted by Gasteiger charge is -2.25. The Bertz CT molecular complexity index is 657. The fourth-order valence-corrected chi connectivity index (χ4v) is 4.15. The molecular formula is C15H25N7O2S2. The Kier molecular flexibility index (Phi) is 7.33. The Morgan fingerprint density at radius 2 is 1.88 bits per heavy atom. The van der Waals surface area contributed by atoms with Crippen molar-refractivity contribution in [2.75, 3.05) is 41.9 Å². The van der Waals surface area contributed by atoms with Crippen LogP contribution in [-0.2, 0) is 4.79 Å². The summed E-state index contributed by atoms with van der Waals surface area (Å²) in [5, 5.41) is 8.56. The summed E-state index contributed by atoms with van der Waals surface area (Å²) < 4.78 is 0. The lowest BCUT2D eigenvalue weighted by atomic mass is 10.2. The van der Waals surface area contributed by atoms with Gasteiger partial charge in [0.2, 0.25) is 11.9 Å². The van der Waals surface area contributed by atoms with E-state index >= 15 is 0 Å². The van der Waals surface area contributed by atoms with E-state index in [4.69, 9.17) is 0 Å². The van der Waals surface area contributed by atoms with Crippen LogP contribution in [0.1, 0.15) is 27.2 Å². The minimum Gasteiger partial charge on any atom is -0.354 e. The van der Waals surface area contributed by atoms with Crippen molar-refractivity contribution in [2.45, 2.75) is 37.2 Å². The van der Waals surface area contributed by atoms with Gasteiger partial charge in [-0.25, -0.2) is 4.79 Å². The van der Waals surface area contributed by atoms with Gasteiger partial charge in [0.15, 0.2) is 10.0 Å². The maximum Gasteiger partial charge on any atom is 0.323 e. The highest BCUT2D eigenvalue weighted by Gasteiger charge is 2.47. The second-order valence-corrected chi connectivity index (χ2v) is 7.78. The molecule has 1 aromatic rings. The Morgan fingerprint density at radius 1 is 1.15 bits per heavy atom. The molecule has 144 valence electrons. The van der Waals surface area contributed by atoms with Crippen LogP contribution in [-0.4, -0.2) is 63.4 Å². The number of imide groups is 1. The average Bonchev–Trinajstić information content (AvgIpc) is 2.88. The van der Waals surface area contributed by atoms with Crippen LogP contribution in [0.5, 0.6) is 0 Å². The van der Waals surface area contributed by atoms with Crippen molar-refractivity contribution >= 4 is 47.4 Å². The Balaban J connectivity index is 2.38. The Morgan fingerprint density at radius 3 is 2.42 bits per heavy atom. The van der Waals surface area contributed by atoms with Gasteiger partial charge >= 0.3 is 6.03 Å². The van der Waals surface area contributed by atoms with Crippen molar-refractivity contribution in [1.82, 2.24) is 25.6 Å². The van der Waals surface area contributed by atoms with E-state index in [1.165, 1.54) is 0 Å². The number of nitrogens with zero attached hydrogens (tertiary/aromatic N) is 4. The average molecular weight is 400 g/mol. The maximum atomic E-state index is 12.4. The molecular weight excluding hydrogens is 374 g/mol. The van der Waals surface area contributed by atoms with Gasteiger partial charge < -0.3 is 15.5 Å². The van der Waals surface area contributed by atoms with Gasteiger partial charge in [-0.1, -0.05) is 0 Å². The fourth-order valence-electron chi connectivity index (χ4n) is 2.45. The van der Waals surface area contributed by atoms with Crippen molar-refractivity contribution in [3.8, 4) is 0 Å². The largest absolute Gasteiger partial charge is 0.354 e. The molecule has 3 amide bonds. The Labute approximate surface area is 161 Å². The summed E-state index contributed by atoms with van der Waals surface area (Å²) in [7, 11) is 0. The van der Waals surface area contributed by atoms with Crippen LogP contribution in [0.25, 0.3) is 0 Å². The summed E-state index contributed by atoms with van der Waals surface area (Å²) in [6.45, 7) is 8.18. The molecule has 11 heteroatoms. The SMILES string of the molecule is CCNc1nc(SC2(CCSC)NC(=O)NC2=O)nc(N(CC)CC)n1. The summed E-state index contributed by atoms with van der Waals surface area (Å²) in [6.07, 6.45) is 2.43. The molecule has 0 saturated carbocycles. The number of hydrogen-bond donors (Lipinski definition) is 3. The predicted molar refractivity (Wildman–Crippen MR) is 106 cm³/mol. The second-order valence-electron chi connectivity index (χ2n) is 5.52. The number of urea groups is 1. The normalized spacial score (nSPS) is 19.2. The van der Waals surface area contributed by atoms with Gasteiger partial charge in [0.05, 0.1) is 0 Å². The van der Waals surface area contributed by atoms with Crippen LogP contribution in [0.2, 0.25) is 0 Å². The van der Waals surface area contributed by atoms with Crippen LogP contribution in [0.3, 0.4) is 0 Å². The standard InChI is InChI=1S/C15H25N7O2S2/c1-5-16-11-18-12(22(6-2)7-3)20-14(19-11)26-15(8-9-25-4)10(23)17-13(24)21-15/h5-9H2,1-4H3,(H,16,18,19,20)(H2,17,21,23,24). The summed E-state index contributed by atoms with van der Waals surface area (Å²) >= 11 is 2.77. The molecule has 1 atom stereocenters. The first kappa shape index (κ1) is 20.6. The maximum absolute atomic E-state index is 12.4. The lowest BCUT2D eigenvalue weighted by Crippen LogP contribution is -2.44. The lowest BCUT2D eigenvalue weighted by molar-refractivity contribution is -0.121. The quantitative estimate of drug-likeness (QED) is 0.504. The van der Waals surface area contributed by atoms with E-state index < -0.39 is 10.9 Å². The van der Waals surface area contributed by atoms with E-state index in [1.54, 1.807) is 11.8 Å². The molecule has 26 heavy (non-hydrogen) atoms. The number of carbonyl (C=O) groups is 2. The molecule has 1 fully saturated rings. The monoisotopic (exact) mass is 399 g/mol. The van der Waals surface area contributed by atoms with Gasteiger partial charge in [-0.15, -0.1) is 0 Å². The molecule has 0 bridgehead atoms. The zero-order valence-corrected chi connectivity index (χ0v) is 17.1. The third-order valence-corrected chi connectivity index (χ3v) is 5.63. The van der Waals surface area contributed by atoms with Crippen molar-refractivity contribution in [3.63, 3.8) is 0 Å². The summed E-state index contributed by atoms with van der Waals surface area (Å²) in [5.74, 6) is 1.36. The van der Waals surface area contributed by atoms with Gasteiger partial charge in [-0.2, -0.15) is 26.7 Å². The summed E-state index contributed by atoms with van der Waals surface area (Å²) in [4.78, 5) is 38.4. The van der Waals surface area contributed by atoms with Gasteiger partial charge in [-0.3, -0.25) is 10.1 Å². The molecule has 1 saturated heterocycles. The highest BCUT2D eigenvalue weighted by atomic mass is 32.2. The summed E-state index contributed by atoms with van der Waals surface area (Å²) in [5.41, 5.74) is 0. The number of carbonyl (C=O) groups excluding carboxylic acids is 2. The van der Waals surface area contributed by atoms with Crippen molar-refractivity contribution in [3.05, 3.63) is 0 Å². The third kappa shape index (κ3) is 4.70. The van der Waals surface area contributed by atoms with Crippen LogP contribution in [0, 0.1) is 0 Å². The number of nitrogens with one attached hydrogen (secondary N) is 3. The first-order valence-electron chi connectivity index (χ1n) is 8.54. The Hall–Kier alpha value is -1.75. The molecule has 0 spiro atoms. The molecule has 3 N–H and O–H groups in total. The van der Waals surface area contributed by atoms with Crippen molar-refractivity contribution < 1.29 is 9.59 Å². The zero-order chi connectivity index (χ0) is 19.2. The van der Waals surface area contributed by atoms with E-state index in [0.29, 0.717) is 30.0 Å². The number of rotatable bonds is 10. The minimum atomic E-state index is -1.11. The van der Waals surface area contributed by atoms with Gasteiger partial charge in [0.1, 0.15) is 0 Å². The predicted octanol–water partition coefficient (Wildman–Crippen LogP) is 1.53. The van der Waals surface area contributed by atoms with E-state index in [9.17, 15) is 9.59 Å². The molecule has 0 aliphatic carbocycles. The van der Waals surface area contributed by atoms with Gasteiger partial charge in [0, 0.05) is 19.6 Å². The second kappa shape index (κ2) is 9.26. The van der Waals surface area contributed by atoms with E-state index in [2.05, 4.69) is 30.9 Å². The van der Waals surface area contributed by atoms with Gasteiger partial charge in [-0.05, 0) is 51.0 Å². The first-order chi connectivity index (χ1) is 12.5. The number of aromatic nitrogens is 3. The molecule has 1 aliphatic heterocycles. The zero-order valence-electron chi connectivity index (χ0n) is 15.5. The fraction of sp³-hybridized carbons (Fsp3) is 0.667. The third-order valence-electron chi connectivity index (χ3n) is 3.82. The molecule has 2 heterocycles. The van der Waals surface area contributed by atoms with E-state index in [1.807, 2.05) is 31.9 Å². The van der Waals surface area contributed by atoms with Gasteiger partial charge in [0.25, 0.3) is 5.91 Å². The number of anilines is 2. The molecule has 1 aromatic heterocycles. The molecule has 1 aliphatic rings. The van der Waals surface area contributed by atoms with E-state index in [-0.39, 0.29) is 5.91 Å². The molecule has 9 nitrogen and oxygen atoms in total. The van der Waals surface area contributed by atoms with Crippen molar-refractivity contribution in [1.29, 1.82) is 0 Å². The molecule has 2 rings (SSSR count). The van der Waals surface area contributed by atoms with Crippen LogP contribution < -0.4 is 20.9 Å². The number of amides is 3. The van der Waals surface area contributed by atoms with Crippen LogP contribution >= 0.6 is 23.5 Å². The highest BCUT2D eigenvalue weighted by Crippen LogP contribution is 2.35. The molecule has 0 aromatic carbocycles. The number of thioether (sulfide) groups is 2. The first-order valence-corrected chi connectivity index (χ1v) is 10.7. The smallest absolute Gasteiger partial charge is 0.323 e. The van der Waals surface area contributed by atoms with Crippen LogP contribution in [0.4, 0.5) is 16.7 Å². The minimum absolute atomic E-state index is 0.364. The van der Waals surface area contributed by atoms with Crippen LogP contribution in [0.15, 0.2) is 5.16 Å². The molecule has 1 unspecified atom stereocenters.